The van der Waals surface area contributed by atoms with Crippen LogP contribution in [-0.2, 0) is 14.6 Å². The van der Waals surface area contributed by atoms with E-state index in [1.165, 1.54) is 12.6 Å². The van der Waals surface area contributed by atoms with E-state index in [0.29, 0.717) is 23.3 Å². The molecule has 2 atom stereocenters. The second-order valence-electron chi connectivity index (χ2n) is 7.63. The molecular weight excluding hydrogens is 376 g/mol. The van der Waals surface area contributed by atoms with Gasteiger partial charge in [0.05, 0.1) is 16.3 Å². The highest BCUT2D eigenvalue weighted by molar-refractivity contribution is 7.90. The van der Waals surface area contributed by atoms with Crippen LogP contribution >= 0.6 is 0 Å². The topological polar surface area (TPSA) is 92.3 Å². The average molecular weight is 405 g/mol. The van der Waals surface area contributed by atoms with E-state index >= 15 is 0 Å². The van der Waals surface area contributed by atoms with Crippen LogP contribution in [0.15, 0.2) is 29.4 Å². The summed E-state index contributed by atoms with van der Waals surface area (Å²) in [6, 6.07) is 5.07. The van der Waals surface area contributed by atoms with Gasteiger partial charge in [-0.15, -0.1) is 0 Å². The zero-order valence-corrected chi connectivity index (χ0v) is 17.5. The lowest BCUT2D eigenvalue weighted by molar-refractivity contribution is -0.125. The summed E-state index contributed by atoms with van der Waals surface area (Å²) >= 11 is 0. The number of anilines is 1. The Hall–Kier alpha value is -2.22. The summed E-state index contributed by atoms with van der Waals surface area (Å²) in [5.41, 5.74) is 0.695. The van der Waals surface area contributed by atoms with Crippen LogP contribution in [0, 0.1) is 5.92 Å². The van der Waals surface area contributed by atoms with Gasteiger partial charge < -0.3 is 10.2 Å². The van der Waals surface area contributed by atoms with E-state index in [4.69, 9.17) is 0 Å². The second kappa shape index (κ2) is 8.43. The van der Waals surface area contributed by atoms with Gasteiger partial charge in [0.25, 0.3) is 0 Å². The summed E-state index contributed by atoms with van der Waals surface area (Å²) in [5, 5.41) is 3.81. The first-order valence-electron chi connectivity index (χ1n) is 9.79. The molecule has 28 heavy (non-hydrogen) atoms. The minimum atomic E-state index is -3.32. The molecule has 1 aromatic heterocycles. The number of piperidine rings is 1. The third kappa shape index (κ3) is 4.60. The van der Waals surface area contributed by atoms with Gasteiger partial charge in [0.2, 0.25) is 5.91 Å². The Labute approximate surface area is 166 Å². The summed E-state index contributed by atoms with van der Waals surface area (Å²) in [6.07, 6.45) is 6.41. The molecule has 1 saturated heterocycles. The Morgan fingerprint density at radius 1 is 1.36 bits per heavy atom. The van der Waals surface area contributed by atoms with Gasteiger partial charge in [-0.3, -0.25) is 4.79 Å². The summed E-state index contributed by atoms with van der Waals surface area (Å²) in [5.74, 6) is 0.673. The molecule has 152 valence electrons. The molecule has 2 heterocycles. The fraction of sp³-hybridized carbons (Fsp3) is 0.550. The van der Waals surface area contributed by atoms with Crippen LogP contribution in [0.1, 0.15) is 39.5 Å². The number of nitrogens with one attached hydrogen (secondary N) is 1. The molecule has 2 unspecified atom stereocenters. The van der Waals surface area contributed by atoms with Crippen LogP contribution in [0.3, 0.4) is 0 Å². The molecule has 3 rings (SSSR count). The van der Waals surface area contributed by atoms with Gasteiger partial charge in [-0.25, -0.2) is 18.4 Å². The van der Waals surface area contributed by atoms with Crippen molar-refractivity contribution >= 4 is 32.5 Å². The van der Waals surface area contributed by atoms with Gasteiger partial charge in [0.1, 0.15) is 12.1 Å². The normalized spacial score (nSPS) is 18.8. The maximum atomic E-state index is 12.7. The molecule has 0 spiro atoms. The number of benzene rings is 1. The van der Waals surface area contributed by atoms with E-state index < -0.39 is 9.84 Å². The van der Waals surface area contributed by atoms with E-state index in [-0.39, 0.29) is 22.8 Å². The van der Waals surface area contributed by atoms with Gasteiger partial charge in [-0.1, -0.05) is 13.3 Å². The third-order valence-corrected chi connectivity index (χ3v) is 6.33. The number of fused-ring (bicyclic) bond motifs is 1. The molecule has 1 amide bonds. The lowest BCUT2D eigenvalue weighted by Crippen LogP contribution is -2.45. The largest absolute Gasteiger partial charge is 0.355 e. The molecule has 1 aliphatic heterocycles. The Morgan fingerprint density at radius 2 is 2.14 bits per heavy atom. The van der Waals surface area contributed by atoms with Crippen LogP contribution in [0.25, 0.3) is 10.9 Å². The molecule has 1 fully saturated rings. The molecule has 7 nitrogen and oxygen atoms in total. The minimum absolute atomic E-state index is 0.0841. The molecule has 1 N–H and O–H groups in total. The van der Waals surface area contributed by atoms with Gasteiger partial charge in [0.15, 0.2) is 9.84 Å². The van der Waals surface area contributed by atoms with Crippen molar-refractivity contribution in [2.75, 3.05) is 24.2 Å². The molecule has 0 aliphatic carbocycles. The summed E-state index contributed by atoms with van der Waals surface area (Å²) in [4.78, 5) is 23.7. The Morgan fingerprint density at radius 3 is 2.86 bits per heavy atom. The first-order chi connectivity index (χ1) is 13.3. The highest BCUT2D eigenvalue weighted by Gasteiger charge is 2.28. The zero-order chi connectivity index (χ0) is 20.3. The predicted molar refractivity (Wildman–Crippen MR) is 110 cm³/mol. The number of sulfone groups is 1. The highest BCUT2D eigenvalue weighted by Crippen LogP contribution is 2.29. The van der Waals surface area contributed by atoms with Gasteiger partial charge in [0, 0.05) is 30.8 Å². The number of hydrogen-bond acceptors (Lipinski definition) is 6. The third-order valence-electron chi connectivity index (χ3n) is 5.22. The second-order valence-corrected chi connectivity index (χ2v) is 9.65. The number of hydrogen-bond donors (Lipinski definition) is 1. The van der Waals surface area contributed by atoms with E-state index in [9.17, 15) is 13.2 Å². The number of aromatic nitrogens is 2. The fourth-order valence-corrected chi connectivity index (χ4v) is 4.40. The van der Waals surface area contributed by atoms with Crippen molar-refractivity contribution in [1.82, 2.24) is 15.3 Å². The minimum Gasteiger partial charge on any atom is -0.355 e. The van der Waals surface area contributed by atoms with Crippen molar-refractivity contribution < 1.29 is 13.2 Å². The fourth-order valence-electron chi connectivity index (χ4n) is 3.75. The number of nitrogens with zero attached hydrogens (tertiary/aromatic N) is 3. The van der Waals surface area contributed by atoms with Crippen molar-refractivity contribution in [1.29, 1.82) is 0 Å². The first-order valence-corrected chi connectivity index (χ1v) is 11.7. The van der Waals surface area contributed by atoms with E-state index in [1.54, 1.807) is 18.2 Å². The molecule has 0 bridgehead atoms. The van der Waals surface area contributed by atoms with Crippen molar-refractivity contribution in [3.05, 3.63) is 24.5 Å². The van der Waals surface area contributed by atoms with Crippen LogP contribution in [0.2, 0.25) is 0 Å². The van der Waals surface area contributed by atoms with E-state index in [0.717, 1.165) is 32.2 Å². The van der Waals surface area contributed by atoms with Gasteiger partial charge in [-0.2, -0.15) is 0 Å². The molecular formula is C20H28N4O3S. The number of carbonyl (C=O) groups is 1. The van der Waals surface area contributed by atoms with Crippen LogP contribution < -0.4 is 10.2 Å². The van der Waals surface area contributed by atoms with Crippen molar-refractivity contribution in [2.24, 2.45) is 5.92 Å². The Bertz CT molecular complexity index is 961. The Kier molecular flexibility index (Phi) is 6.17. The van der Waals surface area contributed by atoms with Crippen LogP contribution in [-0.4, -0.2) is 49.7 Å². The monoisotopic (exact) mass is 404 g/mol. The Balaban J connectivity index is 1.86. The molecule has 0 radical (unpaired) electrons. The maximum absolute atomic E-state index is 12.7. The average Bonchev–Trinajstić information content (AvgIpc) is 2.66. The maximum Gasteiger partial charge on any atom is 0.225 e. The van der Waals surface area contributed by atoms with Crippen LogP contribution in [0.5, 0.6) is 0 Å². The van der Waals surface area contributed by atoms with Gasteiger partial charge >= 0.3 is 0 Å². The summed E-state index contributed by atoms with van der Waals surface area (Å²) in [6.45, 7) is 5.49. The standard InChI is InChI=1S/C20H28N4O3S/c1-4-6-14(2)23-20(25)15-7-5-10-24(12-15)19-17-11-16(28(3,26)27)8-9-18(17)21-13-22-19/h8-9,11,13-15H,4-7,10,12H2,1-3H3,(H,23,25). The molecule has 2 aromatic rings. The number of carbonyl (C=O) groups excluding carboxylic acids is 1. The van der Waals surface area contributed by atoms with E-state index in [1.807, 2.05) is 6.92 Å². The summed E-state index contributed by atoms with van der Waals surface area (Å²) in [7, 11) is -3.32. The smallest absolute Gasteiger partial charge is 0.225 e. The first kappa shape index (κ1) is 20.5. The lowest BCUT2D eigenvalue weighted by atomic mass is 9.96. The molecule has 8 heteroatoms. The SMILES string of the molecule is CCCC(C)NC(=O)C1CCCN(c2ncnc3ccc(S(C)(=O)=O)cc23)C1. The molecule has 1 aromatic carbocycles. The highest BCUT2D eigenvalue weighted by atomic mass is 32.2. The predicted octanol–water partition coefficient (Wildman–Crippen LogP) is 2.55. The number of rotatable bonds is 6. The summed E-state index contributed by atoms with van der Waals surface area (Å²) < 4.78 is 23.9. The quantitative estimate of drug-likeness (QED) is 0.795. The van der Waals surface area contributed by atoms with Crippen LogP contribution in [0.4, 0.5) is 5.82 Å². The lowest BCUT2D eigenvalue weighted by Gasteiger charge is -2.34. The van der Waals surface area contributed by atoms with Crippen molar-refractivity contribution in [2.45, 2.75) is 50.5 Å². The van der Waals surface area contributed by atoms with Gasteiger partial charge in [-0.05, 0) is 44.4 Å². The molecule has 0 saturated carbocycles. The molecule has 1 aliphatic rings. The van der Waals surface area contributed by atoms with E-state index in [2.05, 4.69) is 27.1 Å². The van der Waals surface area contributed by atoms with Crippen molar-refractivity contribution in [3.8, 4) is 0 Å². The zero-order valence-electron chi connectivity index (χ0n) is 16.7. The van der Waals surface area contributed by atoms with Crippen molar-refractivity contribution in [3.63, 3.8) is 0 Å². The number of amides is 1.